The Morgan fingerprint density at radius 2 is 0.770 bits per heavy atom. The van der Waals surface area contributed by atoms with Gasteiger partial charge < -0.3 is 24.8 Å². The molecule has 2 aromatic heterocycles. The molecule has 2 heterocycles. The van der Waals surface area contributed by atoms with E-state index in [4.69, 9.17) is 8.83 Å². The second-order valence-corrected chi connectivity index (χ2v) is 23.1. The Hall–Kier alpha value is -5.31. The monoisotopic (exact) mass is 908 g/mol. The Morgan fingerprint density at radius 1 is 0.410 bits per heavy atom. The van der Waals surface area contributed by atoms with Crippen LogP contribution in [0, 0.1) is 13.8 Å². The number of fused-ring (bicyclic) bond motifs is 2. The third-order valence-corrected chi connectivity index (χ3v) is 22.2. The third kappa shape index (κ3) is 7.25. The molecule has 0 saturated heterocycles. The van der Waals surface area contributed by atoms with Crippen molar-refractivity contribution in [1.29, 1.82) is 0 Å². The van der Waals surface area contributed by atoms with E-state index in [1.165, 1.54) is 86.0 Å². The zero-order valence-electron chi connectivity index (χ0n) is 34.2. The van der Waals surface area contributed by atoms with Gasteiger partial charge in [0, 0.05) is 0 Å². The first-order chi connectivity index (χ1) is 29.1. The van der Waals surface area contributed by atoms with Gasteiger partial charge in [0.15, 0.2) is 0 Å². The quantitative estimate of drug-likeness (QED) is 0.152. The first-order valence-corrected chi connectivity index (χ1v) is 25.0. The standard InChI is InChI=1S/2C26H19O.C4H6.2ClH.Zr/c2*1-18-12-13-21-16-22(17-23(21)26(18)20-10-6-3-7-11-20)25-15-14-24(27-25)19-8-4-2-5-9-19;1-2-4-3-1;;;/h2*2-17H,1H3;1-3H2;2*1H;/q;;;;;+2/p-2. The van der Waals surface area contributed by atoms with Crippen molar-refractivity contribution in [2.45, 2.75) is 40.4 Å². The molecule has 3 aliphatic rings. The van der Waals surface area contributed by atoms with E-state index in [1.807, 2.05) is 3.21 Å². The van der Waals surface area contributed by atoms with Crippen LogP contribution in [0.15, 0.2) is 179 Å². The smallest absolute Gasteiger partial charge is 1.00 e. The van der Waals surface area contributed by atoms with Crippen molar-refractivity contribution in [3.05, 3.63) is 215 Å². The van der Waals surface area contributed by atoms with E-state index in [2.05, 4.69) is 196 Å². The van der Waals surface area contributed by atoms with Crippen LogP contribution >= 0.6 is 0 Å². The fraction of sp³-hybridized carbons (Fsp3) is 0.125. The molecule has 298 valence electrons. The van der Waals surface area contributed by atoms with E-state index >= 15 is 0 Å². The molecule has 61 heavy (non-hydrogen) atoms. The van der Waals surface area contributed by atoms with E-state index in [-0.39, 0.29) is 32.1 Å². The summed E-state index contributed by atoms with van der Waals surface area (Å²) < 4.78 is 16.3. The number of benzene rings is 6. The van der Waals surface area contributed by atoms with Crippen molar-refractivity contribution in [1.82, 2.24) is 0 Å². The third-order valence-electron chi connectivity index (χ3n) is 12.8. The van der Waals surface area contributed by atoms with Gasteiger partial charge in [-0.1, -0.05) is 0 Å². The van der Waals surface area contributed by atoms with Crippen LogP contribution in [0.25, 0.3) is 68.2 Å². The van der Waals surface area contributed by atoms with Gasteiger partial charge in [0.2, 0.25) is 0 Å². The van der Waals surface area contributed by atoms with Crippen molar-refractivity contribution in [2.24, 2.45) is 0 Å². The van der Waals surface area contributed by atoms with Gasteiger partial charge in [0.1, 0.15) is 0 Å². The van der Waals surface area contributed by atoms with Gasteiger partial charge in [-0.3, -0.25) is 0 Å². The maximum Gasteiger partial charge on any atom is -1.00 e. The van der Waals surface area contributed by atoms with Crippen LogP contribution in [0.3, 0.4) is 0 Å². The fourth-order valence-electron chi connectivity index (χ4n) is 9.91. The SMILES string of the molecule is Cc1ccc2c(c1-c1ccccc1)C=C(c1ccc(-c3ccccc3)o1)[CH]2[Zr+2](=[C]1CCC1)[CH]1C(c2ccc(-c3ccccc3)o2)=Cc2c1ccc(C)c2-c1ccccc1.[Cl-].[Cl-]. The van der Waals surface area contributed by atoms with Crippen molar-refractivity contribution < 1.29 is 54.9 Å². The molecule has 11 rings (SSSR count). The summed E-state index contributed by atoms with van der Waals surface area (Å²) in [7, 11) is 0. The normalized spacial score (nSPS) is 15.9. The number of hydrogen-bond acceptors (Lipinski definition) is 2. The summed E-state index contributed by atoms with van der Waals surface area (Å²) in [4.78, 5) is 0. The number of halogens is 2. The Balaban J connectivity index is 0.00000238. The summed E-state index contributed by atoms with van der Waals surface area (Å²) in [5, 5.41) is 0. The summed E-state index contributed by atoms with van der Waals surface area (Å²) >= 11 is -2.91. The van der Waals surface area contributed by atoms with Gasteiger partial charge in [-0.15, -0.1) is 0 Å². The molecule has 2 atom stereocenters. The molecule has 0 bridgehead atoms. The minimum Gasteiger partial charge on any atom is -1.00 e. The van der Waals surface area contributed by atoms with Crippen LogP contribution in [0.2, 0.25) is 0 Å². The number of hydrogen-bond donors (Lipinski definition) is 0. The molecule has 3 aliphatic carbocycles. The summed E-state index contributed by atoms with van der Waals surface area (Å²) in [6.07, 6.45) is 8.73. The Kier molecular flexibility index (Phi) is 11.6. The Bertz CT molecular complexity index is 2770. The molecule has 6 aromatic carbocycles. The van der Waals surface area contributed by atoms with Gasteiger partial charge in [-0.2, -0.15) is 0 Å². The largest absolute Gasteiger partial charge is 1.00 e. The topological polar surface area (TPSA) is 26.3 Å². The molecule has 0 radical (unpaired) electrons. The van der Waals surface area contributed by atoms with Gasteiger partial charge in [-0.05, 0) is 0 Å². The maximum absolute atomic E-state index is 6.98. The minimum absolute atomic E-state index is 0. The average molecular weight is 911 g/mol. The number of furan rings is 2. The molecular weight excluding hydrogens is 867 g/mol. The van der Waals surface area contributed by atoms with Crippen molar-refractivity contribution in [2.75, 3.05) is 0 Å². The van der Waals surface area contributed by atoms with Gasteiger partial charge >= 0.3 is 357 Å². The molecular formula is C56H44Cl2O2Zr. The van der Waals surface area contributed by atoms with E-state index in [9.17, 15) is 0 Å². The average Bonchev–Trinajstić information content (AvgIpc) is 4.09. The molecule has 2 unspecified atom stereocenters. The van der Waals surface area contributed by atoms with Crippen molar-refractivity contribution >= 4 is 26.5 Å². The zero-order valence-corrected chi connectivity index (χ0v) is 38.1. The van der Waals surface area contributed by atoms with Gasteiger partial charge in [-0.25, -0.2) is 0 Å². The Labute approximate surface area is 378 Å². The van der Waals surface area contributed by atoms with Crippen LogP contribution < -0.4 is 24.8 Å². The van der Waals surface area contributed by atoms with Crippen molar-refractivity contribution in [3.63, 3.8) is 0 Å². The summed E-state index contributed by atoms with van der Waals surface area (Å²) in [5.41, 5.74) is 18.3. The molecule has 1 fully saturated rings. The molecule has 1 saturated carbocycles. The number of aryl methyl sites for hydroxylation is 2. The van der Waals surface area contributed by atoms with Crippen LogP contribution in [-0.2, 0) is 21.3 Å². The molecule has 0 N–H and O–H groups in total. The predicted octanol–water partition coefficient (Wildman–Crippen LogP) is 9.03. The second-order valence-electron chi connectivity index (χ2n) is 16.3. The first-order valence-electron chi connectivity index (χ1n) is 20.9. The molecule has 8 aromatic rings. The van der Waals surface area contributed by atoms with Crippen LogP contribution in [0.4, 0.5) is 0 Å². The molecule has 0 aliphatic heterocycles. The van der Waals surface area contributed by atoms with Crippen LogP contribution in [-0.4, -0.2) is 3.21 Å². The molecule has 5 heteroatoms. The number of allylic oxidation sites excluding steroid dienone is 2. The maximum atomic E-state index is 6.98. The second kappa shape index (κ2) is 17.2. The molecule has 2 nitrogen and oxygen atoms in total. The van der Waals surface area contributed by atoms with E-state index < -0.39 is 21.3 Å². The van der Waals surface area contributed by atoms with Gasteiger partial charge in [0.05, 0.1) is 0 Å². The van der Waals surface area contributed by atoms with E-state index in [0.717, 1.165) is 34.2 Å². The van der Waals surface area contributed by atoms with Crippen LogP contribution in [0.5, 0.6) is 0 Å². The predicted molar refractivity (Wildman–Crippen MR) is 242 cm³/mol. The fourth-order valence-corrected chi connectivity index (χ4v) is 20.7. The van der Waals surface area contributed by atoms with Crippen molar-refractivity contribution in [3.8, 4) is 44.9 Å². The number of rotatable bonds is 8. The first kappa shape index (κ1) is 41.1. The van der Waals surface area contributed by atoms with Crippen LogP contribution in [0.1, 0.15) is 71.4 Å². The molecule has 0 spiro atoms. The van der Waals surface area contributed by atoms with E-state index in [1.54, 1.807) is 0 Å². The summed E-state index contributed by atoms with van der Waals surface area (Å²) in [6, 6.07) is 61.6. The Morgan fingerprint density at radius 3 is 1.13 bits per heavy atom. The minimum atomic E-state index is -2.91. The zero-order chi connectivity index (χ0) is 39.5. The summed E-state index contributed by atoms with van der Waals surface area (Å²) in [6.45, 7) is 4.54. The van der Waals surface area contributed by atoms with E-state index in [0.29, 0.717) is 0 Å². The molecule has 0 amide bonds. The van der Waals surface area contributed by atoms with Gasteiger partial charge in [0.25, 0.3) is 0 Å². The summed E-state index contributed by atoms with van der Waals surface area (Å²) in [5.74, 6) is 3.80.